The first-order chi connectivity index (χ1) is 5.52. The lowest BCUT2D eigenvalue weighted by atomic mass is 10.5. The Kier molecular flexibility index (Phi) is 5.93. The lowest BCUT2D eigenvalue weighted by molar-refractivity contribution is 0.535. The Morgan fingerprint density at radius 3 is 1.58 bits per heavy atom. The monoisotopic (exact) mass is 215 g/mol. The second kappa shape index (κ2) is 6.14. The third kappa shape index (κ3) is 7.69. The molecule has 0 aromatic carbocycles. The number of nitrogens with zero attached hydrogens (tertiary/aromatic N) is 1. The predicted octanol–water partition coefficient (Wildman–Crippen LogP) is 3.27. The Balaban J connectivity index is 0.000000261. The van der Waals surface area contributed by atoms with Crippen LogP contribution in [0.4, 0.5) is 12.9 Å². The summed E-state index contributed by atoms with van der Waals surface area (Å²) in [7, 11) is -3.67. The maximum absolute atomic E-state index is 9.67. The standard InChI is InChI=1S/C5H3Cl2N.BF3/c6-4-1-5(7)3-8-2-4;2-1(3)4/h1-3H;. The van der Waals surface area contributed by atoms with Crippen molar-refractivity contribution in [2.45, 2.75) is 0 Å². The van der Waals surface area contributed by atoms with Crippen molar-refractivity contribution < 1.29 is 12.9 Å². The van der Waals surface area contributed by atoms with Crippen molar-refractivity contribution in [3.05, 3.63) is 28.5 Å². The molecule has 0 amide bonds. The third-order valence-corrected chi connectivity index (χ3v) is 1.08. The Hall–Kier alpha value is -0.415. The molecule has 0 aliphatic rings. The molecule has 1 heterocycles. The van der Waals surface area contributed by atoms with E-state index in [0.29, 0.717) is 10.0 Å². The molecule has 0 saturated carbocycles. The summed E-state index contributed by atoms with van der Waals surface area (Å²) in [6, 6.07) is 1.64. The van der Waals surface area contributed by atoms with Crippen molar-refractivity contribution in [3.8, 4) is 0 Å². The van der Waals surface area contributed by atoms with Crippen LogP contribution in [0.5, 0.6) is 0 Å². The molecule has 0 atom stereocenters. The quantitative estimate of drug-likeness (QED) is 0.606. The molecular formula is C5H3BCl2F3N. The van der Waals surface area contributed by atoms with Gasteiger partial charge in [0.25, 0.3) is 0 Å². The molecule has 1 aromatic rings. The van der Waals surface area contributed by atoms with Gasteiger partial charge in [0.2, 0.25) is 0 Å². The van der Waals surface area contributed by atoms with Gasteiger partial charge < -0.3 is 0 Å². The van der Waals surface area contributed by atoms with Crippen LogP contribution in [0.25, 0.3) is 0 Å². The Morgan fingerprint density at radius 1 is 1.08 bits per heavy atom. The number of pyridine rings is 1. The highest BCUT2D eigenvalue weighted by Crippen LogP contribution is 2.11. The summed E-state index contributed by atoms with van der Waals surface area (Å²) in [4.78, 5) is 3.72. The number of hydrogen-bond acceptors (Lipinski definition) is 1. The summed E-state index contributed by atoms with van der Waals surface area (Å²) in [5, 5.41) is 1.13. The van der Waals surface area contributed by atoms with Crippen LogP contribution >= 0.6 is 23.2 Å². The van der Waals surface area contributed by atoms with Gasteiger partial charge in [0.1, 0.15) is 0 Å². The van der Waals surface area contributed by atoms with E-state index in [4.69, 9.17) is 23.2 Å². The van der Waals surface area contributed by atoms with E-state index in [1.807, 2.05) is 0 Å². The average molecular weight is 216 g/mol. The number of hydrogen-bond donors (Lipinski definition) is 0. The van der Waals surface area contributed by atoms with Crippen LogP contribution in [0, 0.1) is 0 Å². The van der Waals surface area contributed by atoms with E-state index in [0.717, 1.165) is 0 Å². The molecule has 7 heteroatoms. The van der Waals surface area contributed by atoms with E-state index >= 15 is 0 Å². The summed E-state index contributed by atoms with van der Waals surface area (Å²) in [5.41, 5.74) is 0. The molecule has 0 bridgehead atoms. The Morgan fingerprint density at radius 2 is 1.42 bits per heavy atom. The SMILES string of the molecule is Clc1cncc(Cl)c1.FB(F)F. The fraction of sp³-hybridized carbons (Fsp3) is 0. The summed E-state index contributed by atoms with van der Waals surface area (Å²) < 4.78 is 29.0. The second-order valence-corrected chi connectivity index (χ2v) is 2.44. The Labute approximate surface area is 77.7 Å². The van der Waals surface area contributed by atoms with Gasteiger partial charge in [-0.1, -0.05) is 23.2 Å². The van der Waals surface area contributed by atoms with E-state index in [-0.39, 0.29) is 0 Å². The lowest BCUT2D eigenvalue weighted by Crippen LogP contribution is -1.76. The normalized spacial score (nSPS) is 8.42. The first-order valence-electron chi connectivity index (χ1n) is 2.70. The molecule has 66 valence electrons. The molecule has 1 nitrogen and oxygen atoms in total. The summed E-state index contributed by atoms with van der Waals surface area (Å²) >= 11 is 11.0. The molecule has 12 heavy (non-hydrogen) atoms. The molecule has 0 N–H and O–H groups in total. The zero-order valence-electron chi connectivity index (χ0n) is 5.65. The molecule has 0 unspecified atom stereocenters. The van der Waals surface area contributed by atoms with Gasteiger partial charge in [0.05, 0.1) is 10.0 Å². The van der Waals surface area contributed by atoms with Crippen molar-refractivity contribution in [3.63, 3.8) is 0 Å². The number of rotatable bonds is 0. The summed E-state index contributed by atoms with van der Waals surface area (Å²) in [6.45, 7) is 0. The molecule has 0 fully saturated rings. The molecule has 1 aromatic heterocycles. The van der Waals surface area contributed by atoms with Gasteiger partial charge in [-0.05, 0) is 6.07 Å². The lowest BCUT2D eigenvalue weighted by Gasteiger charge is -1.85. The highest BCUT2D eigenvalue weighted by Gasteiger charge is 2.06. The molecule has 0 saturated heterocycles. The van der Waals surface area contributed by atoms with Gasteiger partial charge in [-0.25, -0.2) is 0 Å². The number of halogens is 5. The largest absolute Gasteiger partial charge is 0.762 e. The molecular weight excluding hydrogens is 213 g/mol. The van der Waals surface area contributed by atoms with Crippen LogP contribution < -0.4 is 0 Å². The van der Waals surface area contributed by atoms with Gasteiger partial charge >= 0.3 is 7.54 Å². The molecule has 0 aliphatic carbocycles. The molecule has 1 rings (SSSR count). The van der Waals surface area contributed by atoms with Crippen LogP contribution in [0.3, 0.4) is 0 Å². The zero-order valence-corrected chi connectivity index (χ0v) is 7.16. The van der Waals surface area contributed by atoms with Crippen LogP contribution in [-0.2, 0) is 0 Å². The van der Waals surface area contributed by atoms with Crippen LogP contribution in [0.2, 0.25) is 10.0 Å². The van der Waals surface area contributed by atoms with Gasteiger partial charge in [-0.15, -0.1) is 0 Å². The van der Waals surface area contributed by atoms with Crippen LogP contribution in [0.1, 0.15) is 0 Å². The molecule has 0 aliphatic heterocycles. The fourth-order valence-electron chi connectivity index (χ4n) is 0.386. The molecule has 0 spiro atoms. The zero-order chi connectivity index (χ0) is 9.56. The Bertz CT molecular complexity index is 216. The van der Waals surface area contributed by atoms with E-state index in [1.54, 1.807) is 6.07 Å². The highest BCUT2D eigenvalue weighted by atomic mass is 35.5. The number of aromatic nitrogens is 1. The van der Waals surface area contributed by atoms with Gasteiger partial charge in [0.15, 0.2) is 0 Å². The first kappa shape index (κ1) is 11.6. The van der Waals surface area contributed by atoms with Gasteiger partial charge in [0, 0.05) is 12.4 Å². The van der Waals surface area contributed by atoms with Crippen molar-refractivity contribution in [2.24, 2.45) is 0 Å². The predicted molar refractivity (Wildman–Crippen MR) is 43.3 cm³/mol. The van der Waals surface area contributed by atoms with Gasteiger partial charge in [-0.3, -0.25) is 17.9 Å². The summed E-state index contributed by atoms with van der Waals surface area (Å²) in [6.07, 6.45) is 3.07. The minimum absolute atomic E-state index is 0.567. The van der Waals surface area contributed by atoms with Crippen LogP contribution in [-0.4, -0.2) is 12.5 Å². The topological polar surface area (TPSA) is 12.9 Å². The third-order valence-electron chi connectivity index (χ3n) is 0.672. The first-order valence-corrected chi connectivity index (χ1v) is 3.46. The summed E-state index contributed by atoms with van der Waals surface area (Å²) in [5.74, 6) is 0. The van der Waals surface area contributed by atoms with Crippen molar-refractivity contribution in [2.75, 3.05) is 0 Å². The van der Waals surface area contributed by atoms with E-state index < -0.39 is 7.54 Å². The van der Waals surface area contributed by atoms with Crippen LogP contribution in [0.15, 0.2) is 18.5 Å². The van der Waals surface area contributed by atoms with Crippen molar-refractivity contribution in [1.29, 1.82) is 0 Å². The maximum atomic E-state index is 9.67. The molecule has 0 radical (unpaired) electrons. The highest BCUT2D eigenvalue weighted by molar-refractivity contribution is 6.34. The van der Waals surface area contributed by atoms with Crippen molar-refractivity contribution in [1.82, 2.24) is 4.98 Å². The minimum Gasteiger partial charge on any atom is -0.262 e. The maximum Gasteiger partial charge on any atom is 0.762 e. The fourth-order valence-corrected chi connectivity index (χ4v) is 0.790. The van der Waals surface area contributed by atoms with Gasteiger partial charge in [-0.2, -0.15) is 0 Å². The van der Waals surface area contributed by atoms with Crippen molar-refractivity contribution >= 4 is 30.7 Å². The minimum atomic E-state index is -3.67. The van der Waals surface area contributed by atoms with E-state index in [2.05, 4.69) is 4.98 Å². The smallest absolute Gasteiger partial charge is 0.262 e. The second-order valence-electron chi connectivity index (χ2n) is 1.57. The van der Waals surface area contributed by atoms with E-state index in [9.17, 15) is 12.9 Å². The van der Waals surface area contributed by atoms with E-state index in [1.165, 1.54) is 12.4 Å². The average Bonchev–Trinajstić information content (AvgIpc) is 1.84.